The van der Waals surface area contributed by atoms with Crippen molar-refractivity contribution in [2.75, 3.05) is 0 Å². The van der Waals surface area contributed by atoms with Crippen molar-refractivity contribution >= 4 is 33.9 Å². The summed E-state index contributed by atoms with van der Waals surface area (Å²) in [5, 5.41) is 8.67. The summed E-state index contributed by atoms with van der Waals surface area (Å²) in [6.07, 6.45) is 1.77. The standard InChI is InChI=1S/C7H4IN3S/c8-6-5(2-1-3-9-6)7-11-10-4-12-7/h1-4H. The molecule has 0 radical (unpaired) electrons. The smallest absolute Gasteiger partial charge is 0.150 e. The van der Waals surface area contributed by atoms with Crippen LogP contribution in [0.3, 0.4) is 0 Å². The van der Waals surface area contributed by atoms with Crippen LogP contribution in [-0.2, 0) is 0 Å². The van der Waals surface area contributed by atoms with Crippen LogP contribution in [0.2, 0.25) is 0 Å². The minimum atomic E-state index is 0.924. The molecular weight excluding hydrogens is 285 g/mol. The number of aromatic nitrogens is 3. The first-order valence-electron chi connectivity index (χ1n) is 3.25. The Bertz CT molecular complexity index is 374. The molecule has 0 unspecified atom stereocenters. The van der Waals surface area contributed by atoms with E-state index >= 15 is 0 Å². The Balaban J connectivity index is 2.55. The molecule has 3 nitrogen and oxygen atoms in total. The molecule has 0 saturated carbocycles. The van der Waals surface area contributed by atoms with Crippen molar-refractivity contribution in [1.82, 2.24) is 15.2 Å². The van der Waals surface area contributed by atoms with Gasteiger partial charge in [-0.25, -0.2) is 4.98 Å². The van der Waals surface area contributed by atoms with Crippen molar-refractivity contribution < 1.29 is 0 Å². The molecule has 0 fully saturated rings. The second-order valence-electron chi connectivity index (χ2n) is 2.09. The Labute approximate surface area is 87.0 Å². The summed E-state index contributed by atoms with van der Waals surface area (Å²) in [7, 11) is 0. The SMILES string of the molecule is Ic1ncccc1-c1nncs1. The van der Waals surface area contributed by atoms with Crippen LogP contribution < -0.4 is 0 Å². The number of halogens is 1. The summed E-state index contributed by atoms with van der Waals surface area (Å²) >= 11 is 3.71. The Morgan fingerprint density at radius 1 is 1.42 bits per heavy atom. The normalized spacial score (nSPS) is 10.1. The lowest BCUT2D eigenvalue weighted by Gasteiger charge is -1.95. The zero-order valence-electron chi connectivity index (χ0n) is 5.94. The van der Waals surface area contributed by atoms with Crippen LogP contribution in [-0.4, -0.2) is 15.2 Å². The van der Waals surface area contributed by atoms with Crippen molar-refractivity contribution in [2.24, 2.45) is 0 Å². The minimum absolute atomic E-state index is 0.924. The summed E-state index contributed by atoms with van der Waals surface area (Å²) in [5.74, 6) is 0. The van der Waals surface area contributed by atoms with E-state index in [0.717, 1.165) is 14.3 Å². The van der Waals surface area contributed by atoms with Gasteiger partial charge in [0.05, 0.1) is 0 Å². The molecule has 0 aromatic carbocycles. The highest BCUT2D eigenvalue weighted by molar-refractivity contribution is 14.1. The molecule has 2 heterocycles. The molecule has 0 amide bonds. The third-order valence-electron chi connectivity index (χ3n) is 1.35. The van der Waals surface area contributed by atoms with Crippen LogP contribution in [0.15, 0.2) is 23.8 Å². The predicted octanol–water partition coefficient (Wildman–Crippen LogP) is 2.20. The number of hydrogen-bond donors (Lipinski definition) is 0. The second-order valence-corrected chi connectivity index (χ2v) is 3.94. The first-order chi connectivity index (χ1) is 5.88. The molecule has 0 bridgehead atoms. The first kappa shape index (κ1) is 8.06. The van der Waals surface area contributed by atoms with E-state index < -0.39 is 0 Å². The summed E-state index contributed by atoms with van der Waals surface area (Å²) in [6, 6.07) is 3.90. The third kappa shape index (κ3) is 1.46. The highest BCUT2D eigenvalue weighted by atomic mass is 127. The first-order valence-corrected chi connectivity index (χ1v) is 5.21. The van der Waals surface area contributed by atoms with Gasteiger partial charge in [-0.1, -0.05) is 11.3 Å². The van der Waals surface area contributed by atoms with Crippen molar-refractivity contribution in [3.63, 3.8) is 0 Å². The van der Waals surface area contributed by atoms with Crippen LogP contribution in [0, 0.1) is 3.70 Å². The highest BCUT2D eigenvalue weighted by Gasteiger charge is 2.05. The van der Waals surface area contributed by atoms with E-state index in [1.54, 1.807) is 11.7 Å². The van der Waals surface area contributed by atoms with Gasteiger partial charge in [0, 0.05) is 11.8 Å². The highest BCUT2D eigenvalue weighted by Crippen LogP contribution is 2.23. The van der Waals surface area contributed by atoms with E-state index in [2.05, 4.69) is 37.8 Å². The molecule has 0 saturated heterocycles. The Kier molecular flexibility index (Phi) is 2.31. The Hall–Kier alpha value is -0.560. The summed E-state index contributed by atoms with van der Waals surface area (Å²) in [6.45, 7) is 0. The fourth-order valence-corrected chi connectivity index (χ4v) is 2.20. The van der Waals surface area contributed by atoms with Gasteiger partial charge >= 0.3 is 0 Å². The lowest BCUT2D eigenvalue weighted by molar-refractivity contribution is 1.09. The van der Waals surface area contributed by atoms with E-state index in [4.69, 9.17) is 0 Å². The average molecular weight is 289 g/mol. The molecule has 2 aromatic heterocycles. The van der Waals surface area contributed by atoms with Gasteiger partial charge in [0.2, 0.25) is 0 Å². The van der Waals surface area contributed by atoms with E-state index in [1.165, 1.54) is 11.3 Å². The largest absolute Gasteiger partial charge is 0.250 e. The maximum atomic E-state index is 4.16. The van der Waals surface area contributed by atoms with Crippen LogP contribution in [0.1, 0.15) is 0 Å². The van der Waals surface area contributed by atoms with Crippen molar-refractivity contribution in [3.8, 4) is 10.6 Å². The molecule has 0 spiro atoms. The van der Waals surface area contributed by atoms with Gasteiger partial charge in [-0.2, -0.15) is 0 Å². The number of rotatable bonds is 1. The zero-order chi connectivity index (χ0) is 8.39. The topological polar surface area (TPSA) is 38.7 Å². The van der Waals surface area contributed by atoms with Crippen LogP contribution >= 0.6 is 33.9 Å². The lowest BCUT2D eigenvalue weighted by Crippen LogP contribution is -1.84. The number of pyridine rings is 1. The Morgan fingerprint density at radius 2 is 2.33 bits per heavy atom. The van der Waals surface area contributed by atoms with Crippen LogP contribution in [0.25, 0.3) is 10.6 Å². The average Bonchev–Trinajstić information content (AvgIpc) is 2.57. The van der Waals surface area contributed by atoms with Gasteiger partial charge in [0.25, 0.3) is 0 Å². The van der Waals surface area contributed by atoms with Gasteiger partial charge in [-0.3, -0.25) is 0 Å². The van der Waals surface area contributed by atoms with Crippen molar-refractivity contribution in [2.45, 2.75) is 0 Å². The molecule has 0 atom stereocenters. The van der Waals surface area contributed by atoms with E-state index in [0.29, 0.717) is 0 Å². The molecule has 5 heteroatoms. The van der Waals surface area contributed by atoms with Crippen LogP contribution in [0.5, 0.6) is 0 Å². The third-order valence-corrected chi connectivity index (χ3v) is 2.93. The summed E-state index contributed by atoms with van der Waals surface area (Å²) in [5.41, 5.74) is 2.78. The summed E-state index contributed by atoms with van der Waals surface area (Å²) in [4.78, 5) is 4.16. The van der Waals surface area contributed by atoms with Gasteiger partial charge < -0.3 is 0 Å². The molecule has 60 valence electrons. The molecule has 12 heavy (non-hydrogen) atoms. The Morgan fingerprint density at radius 3 is 3.00 bits per heavy atom. The summed E-state index contributed by atoms with van der Waals surface area (Å²) < 4.78 is 0.965. The molecule has 0 aliphatic heterocycles. The molecule has 0 aliphatic carbocycles. The van der Waals surface area contributed by atoms with Crippen molar-refractivity contribution in [1.29, 1.82) is 0 Å². The fourth-order valence-electron chi connectivity index (χ4n) is 0.836. The van der Waals surface area contributed by atoms with Gasteiger partial charge in [0.15, 0.2) is 0 Å². The molecular formula is C7H4IN3S. The van der Waals surface area contributed by atoms with Crippen molar-refractivity contribution in [3.05, 3.63) is 27.5 Å². The zero-order valence-corrected chi connectivity index (χ0v) is 8.91. The monoisotopic (exact) mass is 289 g/mol. The van der Waals surface area contributed by atoms with E-state index in [-0.39, 0.29) is 0 Å². The maximum absolute atomic E-state index is 4.16. The van der Waals surface area contributed by atoms with Crippen LogP contribution in [0.4, 0.5) is 0 Å². The predicted molar refractivity (Wildman–Crippen MR) is 55.9 cm³/mol. The number of hydrogen-bond acceptors (Lipinski definition) is 4. The quantitative estimate of drug-likeness (QED) is 0.597. The molecule has 2 aromatic rings. The van der Waals surface area contributed by atoms with E-state index in [9.17, 15) is 0 Å². The fraction of sp³-hybridized carbons (Fsp3) is 0. The second kappa shape index (κ2) is 3.44. The van der Waals surface area contributed by atoms with Gasteiger partial charge in [0.1, 0.15) is 14.2 Å². The number of nitrogens with zero attached hydrogens (tertiary/aromatic N) is 3. The molecule has 0 aliphatic rings. The lowest BCUT2D eigenvalue weighted by atomic mass is 10.3. The van der Waals surface area contributed by atoms with Gasteiger partial charge in [-0.05, 0) is 34.7 Å². The minimum Gasteiger partial charge on any atom is -0.250 e. The molecule has 2 rings (SSSR count). The van der Waals surface area contributed by atoms with E-state index in [1.807, 2.05) is 12.1 Å². The molecule has 0 N–H and O–H groups in total. The van der Waals surface area contributed by atoms with Gasteiger partial charge in [-0.15, -0.1) is 10.2 Å². The maximum Gasteiger partial charge on any atom is 0.150 e.